The van der Waals surface area contributed by atoms with E-state index < -0.39 is 0 Å². The van der Waals surface area contributed by atoms with Crippen molar-refractivity contribution >= 4 is 25.3 Å². The molecule has 2 aliphatic carbocycles. The van der Waals surface area contributed by atoms with E-state index in [4.69, 9.17) is 67.9 Å². The van der Waals surface area contributed by atoms with Gasteiger partial charge in [-0.15, -0.1) is 25.3 Å². The minimum Gasteiger partial charge on any atom is -0.493 e. The lowest BCUT2D eigenvalue weighted by molar-refractivity contribution is 0.107. The van der Waals surface area contributed by atoms with Gasteiger partial charge >= 0.3 is 0 Å². The number of hydrogen-bond donors (Lipinski definition) is 2. The van der Waals surface area contributed by atoms with Crippen molar-refractivity contribution in [3.63, 3.8) is 0 Å². The Morgan fingerprint density at radius 2 is 0.398 bits per heavy atom. The van der Waals surface area contributed by atoms with Gasteiger partial charge in [0.25, 0.3) is 0 Å². The fourth-order valence-electron chi connectivity index (χ4n) is 13.1. The second-order valence-corrected chi connectivity index (χ2v) is 26.0. The van der Waals surface area contributed by atoms with E-state index in [9.17, 15) is 0 Å². The molecule has 492 valence electrons. The van der Waals surface area contributed by atoms with Gasteiger partial charge in [0.15, 0.2) is 0 Å². The molecule has 0 atom stereocenters. The van der Waals surface area contributed by atoms with E-state index in [1.54, 1.807) is 0 Å². The highest BCUT2D eigenvalue weighted by Gasteiger charge is 2.27. The van der Waals surface area contributed by atoms with Crippen LogP contribution in [0.2, 0.25) is 0 Å². The van der Waals surface area contributed by atoms with Crippen LogP contribution >= 0.6 is 25.3 Å². The van der Waals surface area contributed by atoms with Crippen molar-refractivity contribution in [1.82, 2.24) is 0 Å². The summed E-state index contributed by atoms with van der Waals surface area (Å²) in [5.74, 6) is 7.25. The summed E-state index contributed by atoms with van der Waals surface area (Å²) in [4.78, 5) is 1.79. The van der Waals surface area contributed by atoms with E-state index >= 15 is 0 Å². The Hall–Kier alpha value is -7.18. The van der Waals surface area contributed by atoms with Crippen LogP contribution in [0.1, 0.15) is 207 Å². The van der Waals surface area contributed by atoms with Crippen molar-refractivity contribution in [2.75, 3.05) is 52.9 Å². The SMILES string of the molecule is CCCOc1c2cccc1Cc1cc(COCc3cc4c(OCCC)c(c3)Cc3cccc(c3OCCC)Cc3cc(S)cc(c3OCCC)Cc3cccc(c3OCCC)C4)cc(c1OCCC)Cc1cccc(c1OCCC)Cc1cc(S)cc(c1OCCC)C2. The van der Waals surface area contributed by atoms with Crippen LogP contribution in [0.4, 0.5) is 0 Å². The summed E-state index contributed by atoms with van der Waals surface area (Å²) < 4.78 is 62.1. The zero-order valence-corrected chi connectivity index (χ0v) is 58.3. The second kappa shape index (κ2) is 34.3. The summed E-state index contributed by atoms with van der Waals surface area (Å²) in [5.41, 5.74) is 19.6. The lowest BCUT2D eigenvalue weighted by atomic mass is 9.90. The molecule has 0 aromatic heterocycles. The van der Waals surface area contributed by atoms with Gasteiger partial charge in [0.2, 0.25) is 0 Å². The summed E-state index contributed by atoms with van der Waals surface area (Å²) in [6.07, 6.45) is 11.8. The maximum absolute atomic E-state index is 7.09. The number of rotatable bonds is 28. The summed E-state index contributed by atoms with van der Waals surface area (Å²) in [6, 6.07) is 44.3. The molecule has 8 aromatic carbocycles. The van der Waals surface area contributed by atoms with Crippen LogP contribution in [0.5, 0.6) is 46.0 Å². The Kier molecular flexibility index (Phi) is 25.3. The number of ether oxygens (including phenoxy) is 9. The number of hydrogen-bond acceptors (Lipinski definition) is 11. The van der Waals surface area contributed by atoms with E-state index in [0.717, 1.165) is 207 Å². The predicted octanol–water partition coefficient (Wildman–Crippen LogP) is 19.6. The monoisotopic (exact) mass is 1290 g/mol. The van der Waals surface area contributed by atoms with Gasteiger partial charge in [-0.1, -0.05) is 128 Å². The molecule has 9 nitrogen and oxygen atoms in total. The molecule has 0 spiro atoms. The Labute approximate surface area is 566 Å². The molecule has 2 aliphatic rings. The highest BCUT2D eigenvalue weighted by atomic mass is 32.1. The molecule has 10 rings (SSSR count). The molecule has 11 heteroatoms. The Balaban J connectivity index is 1.10. The molecule has 0 saturated heterocycles. The molecular weight excluding hydrogens is 1190 g/mol. The van der Waals surface area contributed by atoms with Crippen LogP contribution in [0.25, 0.3) is 0 Å². The van der Waals surface area contributed by atoms with Crippen molar-refractivity contribution in [1.29, 1.82) is 0 Å². The van der Waals surface area contributed by atoms with E-state index in [1.807, 2.05) is 0 Å². The average molecular weight is 1290 g/mol. The van der Waals surface area contributed by atoms with E-state index in [1.165, 1.54) is 0 Å². The summed E-state index contributed by atoms with van der Waals surface area (Å²) in [5, 5.41) is 0. The second-order valence-electron chi connectivity index (χ2n) is 25.0. The number of fused-ring (bicyclic) bond motifs is 16. The third-order valence-corrected chi connectivity index (χ3v) is 17.5. The van der Waals surface area contributed by atoms with Crippen LogP contribution in [0, 0.1) is 0 Å². The summed E-state index contributed by atoms with van der Waals surface area (Å²) in [6.45, 7) is 22.8. The number of benzene rings is 8. The lowest BCUT2D eigenvalue weighted by Gasteiger charge is -2.24. The van der Waals surface area contributed by atoms with Crippen molar-refractivity contribution in [3.05, 3.63) is 221 Å². The van der Waals surface area contributed by atoms with Gasteiger partial charge in [0, 0.05) is 83.4 Å². The fraction of sp³-hybridized carbons (Fsp3) is 0.415. The number of thiol groups is 2. The van der Waals surface area contributed by atoms with Crippen molar-refractivity contribution in [2.24, 2.45) is 0 Å². The predicted molar refractivity (Wildman–Crippen MR) is 383 cm³/mol. The van der Waals surface area contributed by atoms with E-state index in [-0.39, 0.29) is 0 Å². The molecule has 0 aliphatic heterocycles. The Morgan fingerprint density at radius 3 is 0.570 bits per heavy atom. The quantitative estimate of drug-likeness (QED) is 0.0466. The van der Waals surface area contributed by atoms with Crippen molar-refractivity contribution in [2.45, 2.75) is 181 Å². The van der Waals surface area contributed by atoms with E-state index in [0.29, 0.717) is 117 Å². The smallest absolute Gasteiger partial charge is 0.126 e. The minimum absolute atomic E-state index is 0.360. The number of para-hydroxylation sites is 4. The highest BCUT2D eigenvalue weighted by Crippen LogP contribution is 2.44. The minimum atomic E-state index is 0.360. The zero-order chi connectivity index (χ0) is 65.1. The molecule has 0 saturated carbocycles. The largest absolute Gasteiger partial charge is 0.493 e. The van der Waals surface area contributed by atoms with Gasteiger partial charge in [0.05, 0.1) is 66.1 Å². The molecule has 93 heavy (non-hydrogen) atoms. The molecule has 16 bridgehead atoms. The highest BCUT2D eigenvalue weighted by molar-refractivity contribution is 7.80. The van der Waals surface area contributed by atoms with Gasteiger partial charge in [-0.25, -0.2) is 0 Å². The third-order valence-electron chi connectivity index (χ3n) is 17.0. The normalized spacial score (nSPS) is 12.7. The molecule has 0 N–H and O–H groups in total. The van der Waals surface area contributed by atoms with Crippen LogP contribution in [0.15, 0.2) is 131 Å². The summed E-state index contributed by atoms with van der Waals surface area (Å²) in [7, 11) is 0. The maximum Gasteiger partial charge on any atom is 0.126 e. The van der Waals surface area contributed by atoms with Crippen LogP contribution < -0.4 is 37.9 Å². The first-order chi connectivity index (χ1) is 45.6. The van der Waals surface area contributed by atoms with Gasteiger partial charge in [-0.2, -0.15) is 0 Å². The first-order valence-corrected chi connectivity index (χ1v) is 35.5. The van der Waals surface area contributed by atoms with Gasteiger partial charge in [0.1, 0.15) is 46.0 Å². The zero-order valence-electron chi connectivity index (χ0n) is 56.5. The molecule has 8 aromatic rings. The first-order valence-electron chi connectivity index (χ1n) is 34.6. The maximum atomic E-state index is 7.09. The topological polar surface area (TPSA) is 83.1 Å². The fourth-order valence-corrected chi connectivity index (χ4v) is 13.7. The Morgan fingerprint density at radius 1 is 0.237 bits per heavy atom. The van der Waals surface area contributed by atoms with Crippen LogP contribution in [-0.2, 0) is 69.3 Å². The van der Waals surface area contributed by atoms with Gasteiger partial charge in [-0.3, -0.25) is 0 Å². The first kappa shape index (κ1) is 68.7. The molecule has 0 heterocycles. The molecule has 0 radical (unpaired) electrons. The average Bonchev–Trinajstić information content (AvgIpc) is 0.869. The van der Waals surface area contributed by atoms with Gasteiger partial charge in [-0.05, 0) is 178 Å². The molecule has 0 amide bonds. The van der Waals surface area contributed by atoms with Crippen molar-refractivity contribution < 1.29 is 42.6 Å². The standard InChI is InChI=1S/C82H98O9S2/c1-9-29-84-75-57-21-17-25-61(75)45-69-49-73(92)50-70(81(69)90-35-15-7)46-62-26-18-22-58(76(62)85-30-10-2)42-66-38-55(37-65(41-57)79(66)88-33-13-5)53-83-54-56-39-67-43-59-23-19-27-63(77(59)86-31-11-3)47-71-51-74(93)52-72(82(71)91-36-16-8)48-64-28-20-24-60(78(64)87-32-12-4)44-68(40-56)80(67)89-34-14-6/h17-28,37-40,49-52,92-93H,9-16,29-36,41-48,53-54H2,1-8H3. The van der Waals surface area contributed by atoms with E-state index in [2.05, 4.69) is 177 Å². The molecule has 0 unspecified atom stereocenters. The van der Waals surface area contributed by atoms with Crippen LogP contribution in [-0.4, -0.2) is 52.9 Å². The molecular formula is C82H98O9S2. The van der Waals surface area contributed by atoms with Crippen LogP contribution in [0.3, 0.4) is 0 Å². The Bertz CT molecular complexity index is 3340. The summed E-state index contributed by atoms with van der Waals surface area (Å²) >= 11 is 10.1. The third kappa shape index (κ3) is 17.4. The lowest BCUT2D eigenvalue weighted by Crippen LogP contribution is -2.11. The van der Waals surface area contributed by atoms with Gasteiger partial charge < -0.3 is 42.6 Å². The van der Waals surface area contributed by atoms with Crippen molar-refractivity contribution in [3.8, 4) is 46.0 Å². The molecule has 0 fully saturated rings.